The molecule has 0 bridgehead atoms. The van der Waals surface area contributed by atoms with E-state index in [4.69, 9.17) is 0 Å². The van der Waals surface area contributed by atoms with E-state index in [-0.39, 0.29) is 5.91 Å². The molecule has 16 heavy (non-hydrogen) atoms. The molecular weight excluding hydrogens is 218 g/mol. The number of nitrogens with zero attached hydrogens (tertiary/aromatic N) is 1. The monoisotopic (exact) mass is 233 g/mol. The molecule has 0 atom stereocenters. The number of carbonyl (C=O) groups excluding carboxylic acids is 1. The molecule has 1 heterocycles. The first-order valence-electron chi connectivity index (χ1n) is 5.44. The smallest absolute Gasteiger partial charge is 0.232 e. The average molecular weight is 233 g/mol. The Hall–Kier alpha value is -1.22. The summed E-state index contributed by atoms with van der Waals surface area (Å²) >= 11 is 4.01. The molecule has 1 aliphatic rings. The Morgan fingerprint density at radius 1 is 1.31 bits per heavy atom. The molecule has 84 valence electrons. The minimum atomic E-state index is 0.117. The number of hydrogen-bond acceptors (Lipinski definition) is 2. The van der Waals surface area contributed by atoms with Crippen LogP contribution >= 0.6 is 12.6 Å². The van der Waals surface area contributed by atoms with Crippen LogP contribution in [0, 0.1) is 0 Å². The lowest BCUT2D eigenvalue weighted by Crippen LogP contribution is -2.35. The van der Waals surface area contributed by atoms with Crippen molar-refractivity contribution in [3.8, 4) is 0 Å². The Morgan fingerprint density at radius 2 is 2.06 bits per heavy atom. The number of amides is 1. The number of hydrogen-bond donors (Lipinski definition) is 1. The van der Waals surface area contributed by atoms with Gasteiger partial charge in [-0.3, -0.25) is 4.79 Å². The Kier molecular flexibility index (Phi) is 3.67. The van der Waals surface area contributed by atoms with Crippen LogP contribution in [0.25, 0.3) is 5.57 Å². The molecule has 2 nitrogen and oxygen atoms in total. The number of benzene rings is 1. The summed E-state index contributed by atoms with van der Waals surface area (Å²) in [5.74, 6) is 0.417. The molecule has 0 spiro atoms. The van der Waals surface area contributed by atoms with Gasteiger partial charge in [0.15, 0.2) is 0 Å². The minimum Gasteiger partial charge on any atom is -0.338 e. The molecule has 0 aromatic heterocycles. The Labute approximate surface area is 101 Å². The van der Waals surface area contributed by atoms with Crippen molar-refractivity contribution in [2.45, 2.75) is 6.42 Å². The normalized spacial score (nSPS) is 15.8. The second kappa shape index (κ2) is 5.21. The lowest BCUT2D eigenvalue weighted by Gasteiger charge is -2.26. The van der Waals surface area contributed by atoms with Crippen LogP contribution in [-0.4, -0.2) is 29.6 Å². The van der Waals surface area contributed by atoms with Gasteiger partial charge in [-0.25, -0.2) is 0 Å². The SMILES string of the molecule is O=C(CS)N1CC=C(c2ccccc2)CC1. The summed E-state index contributed by atoms with van der Waals surface area (Å²) in [6.07, 6.45) is 3.07. The number of thiol groups is 1. The third-order valence-corrected chi connectivity index (χ3v) is 3.11. The van der Waals surface area contributed by atoms with Gasteiger partial charge in [0.2, 0.25) is 5.91 Å². The summed E-state index contributed by atoms with van der Waals surface area (Å²) in [6, 6.07) is 10.3. The fraction of sp³-hybridized carbons (Fsp3) is 0.308. The van der Waals surface area contributed by atoms with E-state index in [1.807, 2.05) is 23.1 Å². The van der Waals surface area contributed by atoms with Gasteiger partial charge in [0, 0.05) is 13.1 Å². The van der Waals surface area contributed by atoms with Crippen LogP contribution in [0.3, 0.4) is 0 Å². The van der Waals surface area contributed by atoms with E-state index < -0.39 is 0 Å². The van der Waals surface area contributed by atoms with Crippen LogP contribution in [0.4, 0.5) is 0 Å². The van der Waals surface area contributed by atoms with E-state index in [0.717, 1.165) is 13.0 Å². The first-order chi connectivity index (χ1) is 7.81. The van der Waals surface area contributed by atoms with Crippen molar-refractivity contribution in [2.75, 3.05) is 18.8 Å². The zero-order valence-corrected chi connectivity index (χ0v) is 9.99. The highest BCUT2D eigenvalue weighted by Crippen LogP contribution is 2.21. The standard InChI is InChI=1S/C13H15NOS/c15-13(10-16)14-8-6-12(7-9-14)11-4-2-1-3-5-11/h1-6,16H,7-10H2. The van der Waals surface area contributed by atoms with Crippen LogP contribution in [0.5, 0.6) is 0 Å². The maximum absolute atomic E-state index is 11.4. The molecule has 0 unspecified atom stereocenters. The molecule has 0 saturated carbocycles. The van der Waals surface area contributed by atoms with Crippen molar-refractivity contribution in [1.29, 1.82) is 0 Å². The predicted octanol–water partition coefficient (Wildman–Crippen LogP) is 2.23. The van der Waals surface area contributed by atoms with E-state index in [0.29, 0.717) is 12.3 Å². The molecule has 0 fully saturated rings. The summed E-state index contributed by atoms with van der Waals surface area (Å²) in [5.41, 5.74) is 2.60. The van der Waals surface area contributed by atoms with Crippen LogP contribution in [0.15, 0.2) is 36.4 Å². The molecule has 0 radical (unpaired) electrons. The second-order valence-corrected chi connectivity index (χ2v) is 4.16. The van der Waals surface area contributed by atoms with Crippen LogP contribution < -0.4 is 0 Å². The Morgan fingerprint density at radius 3 is 2.62 bits per heavy atom. The van der Waals surface area contributed by atoms with E-state index in [1.54, 1.807) is 0 Å². The fourth-order valence-corrected chi connectivity index (χ4v) is 2.11. The zero-order valence-electron chi connectivity index (χ0n) is 9.10. The van der Waals surface area contributed by atoms with Gasteiger partial charge in [-0.1, -0.05) is 36.4 Å². The zero-order chi connectivity index (χ0) is 11.4. The van der Waals surface area contributed by atoms with E-state index in [1.165, 1.54) is 11.1 Å². The van der Waals surface area contributed by atoms with Gasteiger partial charge >= 0.3 is 0 Å². The summed E-state index contributed by atoms with van der Waals surface area (Å²) in [7, 11) is 0. The van der Waals surface area contributed by atoms with Gasteiger partial charge < -0.3 is 4.90 Å². The molecule has 1 aromatic carbocycles. The molecule has 3 heteroatoms. The van der Waals surface area contributed by atoms with Crippen molar-refractivity contribution in [2.24, 2.45) is 0 Å². The van der Waals surface area contributed by atoms with E-state index >= 15 is 0 Å². The lowest BCUT2D eigenvalue weighted by atomic mass is 10.00. The fourth-order valence-electron chi connectivity index (χ4n) is 1.91. The lowest BCUT2D eigenvalue weighted by molar-refractivity contribution is -0.127. The van der Waals surface area contributed by atoms with Crippen LogP contribution in [-0.2, 0) is 4.79 Å². The summed E-state index contributed by atoms with van der Waals surface area (Å²) in [6.45, 7) is 1.52. The first kappa shape index (κ1) is 11.3. The van der Waals surface area contributed by atoms with Gasteiger partial charge in [-0.15, -0.1) is 0 Å². The van der Waals surface area contributed by atoms with Crippen LogP contribution in [0.2, 0.25) is 0 Å². The second-order valence-electron chi connectivity index (χ2n) is 3.84. The van der Waals surface area contributed by atoms with Crippen molar-refractivity contribution >= 4 is 24.1 Å². The highest BCUT2D eigenvalue weighted by molar-refractivity contribution is 7.81. The number of rotatable bonds is 2. The molecule has 1 aliphatic heterocycles. The van der Waals surface area contributed by atoms with Crippen LogP contribution in [0.1, 0.15) is 12.0 Å². The topological polar surface area (TPSA) is 20.3 Å². The maximum Gasteiger partial charge on any atom is 0.232 e. The third kappa shape index (κ3) is 2.47. The van der Waals surface area contributed by atoms with Crippen molar-refractivity contribution in [3.05, 3.63) is 42.0 Å². The molecule has 2 rings (SSSR count). The number of carbonyl (C=O) groups is 1. The molecule has 1 aromatic rings. The third-order valence-electron chi connectivity index (χ3n) is 2.84. The molecule has 0 N–H and O–H groups in total. The van der Waals surface area contributed by atoms with Gasteiger partial charge in [0.1, 0.15) is 0 Å². The summed E-state index contributed by atoms with van der Waals surface area (Å²) in [5, 5.41) is 0. The van der Waals surface area contributed by atoms with E-state index in [9.17, 15) is 4.79 Å². The highest BCUT2D eigenvalue weighted by Gasteiger charge is 2.16. The summed E-state index contributed by atoms with van der Waals surface area (Å²) < 4.78 is 0. The summed E-state index contributed by atoms with van der Waals surface area (Å²) in [4.78, 5) is 13.3. The highest BCUT2D eigenvalue weighted by atomic mass is 32.1. The average Bonchev–Trinajstić information content (AvgIpc) is 2.39. The minimum absolute atomic E-state index is 0.117. The maximum atomic E-state index is 11.4. The van der Waals surface area contributed by atoms with Crippen molar-refractivity contribution < 1.29 is 4.79 Å². The molecule has 0 aliphatic carbocycles. The van der Waals surface area contributed by atoms with Gasteiger partial charge in [-0.05, 0) is 17.6 Å². The molecule has 0 saturated heterocycles. The van der Waals surface area contributed by atoms with Gasteiger partial charge in [0.25, 0.3) is 0 Å². The van der Waals surface area contributed by atoms with Gasteiger partial charge in [0.05, 0.1) is 5.75 Å². The predicted molar refractivity (Wildman–Crippen MR) is 69.5 cm³/mol. The van der Waals surface area contributed by atoms with E-state index in [2.05, 4.69) is 30.8 Å². The van der Waals surface area contributed by atoms with Crippen molar-refractivity contribution in [1.82, 2.24) is 4.90 Å². The largest absolute Gasteiger partial charge is 0.338 e. The Bertz CT molecular complexity index is 400. The Balaban J connectivity index is 2.07. The quantitative estimate of drug-likeness (QED) is 0.777. The van der Waals surface area contributed by atoms with Crippen molar-refractivity contribution in [3.63, 3.8) is 0 Å². The first-order valence-corrected chi connectivity index (χ1v) is 6.07. The van der Waals surface area contributed by atoms with Gasteiger partial charge in [-0.2, -0.15) is 12.6 Å². The molecular formula is C13H15NOS. The molecule has 1 amide bonds.